The molecule has 0 atom stereocenters. The Labute approximate surface area is 153 Å². The average molecular weight is 370 g/mol. The maximum atomic E-state index is 13.4. The van der Waals surface area contributed by atoms with Crippen LogP contribution in [0.15, 0.2) is 18.2 Å². The molecule has 0 saturated heterocycles. The molecule has 0 radical (unpaired) electrons. The minimum atomic E-state index is -1.07. The highest BCUT2D eigenvalue weighted by atomic mass is 19.2. The Balaban J connectivity index is 2.78. The largest absolute Gasteiger partial charge is 0.466 e. The third kappa shape index (κ3) is 7.07. The van der Waals surface area contributed by atoms with Crippen LogP contribution >= 0.6 is 0 Å². The molecule has 0 bridgehead atoms. The number of hydrogen-bond acceptors (Lipinski definition) is 4. The van der Waals surface area contributed by atoms with Crippen molar-refractivity contribution in [2.45, 2.75) is 33.6 Å². The van der Waals surface area contributed by atoms with Crippen LogP contribution in [0.4, 0.5) is 8.78 Å². The molecule has 0 spiro atoms. The average Bonchev–Trinajstić information content (AvgIpc) is 2.63. The van der Waals surface area contributed by atoms with E-state index in [0.29, 0.717) is 6.54 Å². The van der Waals surface area contributed by atoms with Gasteiger partial charge in [0.15, 0.2) is 11.6 Å². The lowest BCUT2D eigenvalue weighted by atomic mass is 10.1. The summed E-state index contributed by atoms with van der Waals surface area (Å²) < 4.78 is 31.4. The second kappa shape index (κ2) is 11.6. The second-order valence-electron chi connectivity index (χ2n) is 5.86. The first-order chi connectivity index (χ1) is 12.4. The molecule has 1 amide bonds. The lowest BCUT2D eigenvalue weighted by Crippen LogP contribution is -2.36. The molecule has 0 heterocycles. The topological polar surface area (TPSA) is 49.9 Å². The number of carbonyl (C=O) groups excluding carboxylic acids is 2. The smallest absolute Gasteiger partial charge is 0.307 e. The van der Waals surface area contributed by atoms with Crippen LogP contribution in [0.5, 0.6) is 0 Å². The summed E-state index contributed by atoms with van der Waals surface area (Å²) in [7, 11) is 0. The summed E-state index contributed by atoms with van der Waals surface area (Å²) in [5.74, 6) is -2.88. The van der Waals surface area contributed by atoms with Crippen molar-refractivity contribution in [1.29, 1.82) is 0 Å². The van der Waals surface area contributed by atoms with Gasteiger partial charge in [0.2, 0.25) is 0 Å². The van der Waals surface area contributed by atoms with Gasteiger partial charge in [0.05, 0.1) is 13.0 Å². The molecule has 1 rings (SSSR count). The molecule has 5 nitrogen and oxygen atoms in total. The summed E-state index contributed by atoms with van der Waals surface area (Å²) in [5.41, 5.74) is 0.0654. The molecule has 0 fully saturated rings. The number of nitrogens with zero attached hydrogens (tertiary/aromatic N) is 2. The predicted octanol–water partition coefficient (Wildman–Crippen LogP) is 3.09. The summed E-state index contributed by atoms with van der Waals surface area (Å²) in [6, 6.07) is 3.07. The van der Waals surface area contributed by atoms with Crippen LogP contribution in [0.3, 0.4) is 0 Å². The fraction of sp³-hybridized carbons (Fsp3) is 0.579. The molecule has 0 aliphatic carbocycles. The zero-order valence-corrected chi connectivity index (χ0v) is 15.8. The van der Waals surface area contributed by atoms with E-state index in [0.717, 1.165) is 38.2 Å². The molecule has 146 valence electrons. The molecule has 7 heteroatoms. The first-order valence-electron chi connectivity index (χ1n) is 9.05. The minimum absolute atomic E-state index is 0.0640. The first kappa shape index (κ1) is 22.0. The van der Waals surface area contributed by atoms with E-state index in [9.17, 15) is 18.4 Å². The third-order valence-corrected chi connectivity index (χ3v) is 4.14. The Morgan fingerprint density at radius 1 is 1.00 bits per heavy atom. The van der Waals surface area contributed by atoms with E-state index in [-0.39, 0.29) is 31.1 Å². The van der Waals surface area contributed by atoms with Gasteiger partial charge >= 0.3 is 5.97 Å². The van der Waals surface area contributed by atoms with Gasteiger partial charge in [-0.3, -0.25) is 9.59 Å². The summed E-state index contributed by atoms with van der Waals surface area (Å²) in [5, 5.41) is 0. The van der Waals surface area contributed by atoms with E-state index >= 15 is 0 Å². The Morgan fingerprint density at radius 3 is 2.27 bits per heavy atom. The van der Waals surface area contributed by atoms with E-state index in [4.69, 9.17) is 4.74 Å². The summed E-state index contributed by atoms with van der Waals surface area (Å²) >= 11 is 0. The second-order valence-corrected chi connectivity index (χ2v) is 5.86. The van der Waals surface area contributed by atoms with Gasteiger partial charge in [0.25, 0.3) is 5.91 Å². The van der Waals surface area contributed by atoms with Gasteiger partial charge in [0, 0.05) is 18.7 Å². The van der Waals surface area contributed by atoms with Crippen LogP contribution in [0, 0.1) is 11.6 Å². The van der Waals surface area contributed by atoms with Crippen molar-refractivity contribution in [3.63, 3.8) is 0 Å². The minimum Gasteiger partial charge on any atom is -0.466 e. The van der Waals surface area contributed by atoms with Crippen LogP contribution < -0.4 is 0 Å². The standard InChI is InChI=1S/C19H28F2N2O3/c1-4-22(5-2)11-7-12-23(13-10-18(24)26-6-3)19(25)15-8-9-16(20)17(21)14-15/h8-9,14H,4-7,10-13H2,1-3H3. The molecule has 1 aromatic rings. The van der Waals surface area contributed by atoms with Gasteiger partial charge in [-0.25, -0.2) is 8.78 Å². The Morgan fingerprint density at radius 2 is 1.69 bits per heavy atom. The Kier molecular flexibility index (Phi) is 9.80. The molecule has 1 aromatic carbocycles. The lowest BCUT2D eigenvalue weighted by Gasteiger charge is -2.25. The van der Waals surface area contributed by atoms with Crippen LogP contribution in [0.2, 0.25) is 0 Å². The van der Waals surface area contributed by atoms with E-state index in [1.807, 2.05) is 0 Å². The molecule has 0 N–H and O–H groups in total. The van der Waals surface area contributed by atoms with Crippen molar-refractivity contribution in [3.8, 4) is 0 Å². The number of benzene rings is 1. The van der Waals surface area contributed by atoms with E-state index in [2.05, 4.69) is 18.7 Å². The van der Waals surface area contributed by atoms with Crippen molar-refractivity contribution in [3.05, 3.63) is 35.4 Å². The highest BCUT2D eigenvalue weighted by Gasteiger charge is 2.19. The van der Waals surface area contributed by atoms with Crippen molar-refractivity contribution in [2.24, 2.45) is 0 Å². The molecule has 0 aromatic heterocycles. The van der Waals surface area contributed by atoms with Crippen LogP contribution in [0.1, 0.15) is 44.0 Å². The molecular weight excluding hydrogens is 342 g/mol. The number of rotatable bonds is 11. The fourth-order valence-electron chi connectivity index (χ4n) is 2.61. The molecule has 0 aliphatic rings. The van der Waals surface area contributed by atoms with E-state index < -0.39 is 17.5 Å². The fourth-order valence-corrected chi connectivity index (χ4v) is 2.61. The zero-order chi connectivity index (χ0) is 19.5. The Hall–Kier alpha value is -2.02. The molecule has 26 heavy (non-hydrogen) atoms. The lowest BCUT2D eigenvalue weighted by molar-refractivity contribution is -0.143. The van der Waals surface area contributed by atoms with Gasteiger partial charge in [-0.2, -0.15) is 0 Å². The Bertz CT molecular complexity index is 592. The van der Waals surface area contributed by atoms with Gasteiger partial charge < -0.3 is 14.5 Å². The highest BCUT2D eigenvalue weighted by molar-refractivity contribution is 5.94. The monoisotopic (exact) mass is 370 g/mol. The molecule has 0 aliphatic heterocycles. The van der Waals surface area contributed by atoms with E-state index in [1.165, 1.54) is 11.0 Å². The summed E-state index contributed by atoms with van der Waals surface area (Å²) in [6.07, 6.45) is 0.786. The molecule has 0 unspecified atom stereocenters. The van der Waals surface area contributed by atoms with Crippen molar-refractivity contribution in [1.82, 2.24) is 9.80 Å². The van der Waals surface area contributed by atoms with Crippen LogP contribution in [0.25, 0.3) is 0 Å². The van der Waals surface area contributed by atoms with Crippen molar-refractivity contribution >= 4 is 11.9 Å². The summed E-state index contributed by atoms with van der Waals surface area (Å²) in [6.45, 7) is 9.36. The predicted molar refractivity (Wildman–Crippen MR) is 95.9 cm³/mol. The van der Waals surface area contributed by atoms with Crippen molar-refractivity contribution in [2.75, 3.05) is 39.3 Å². The van der Waals surface area contributed by atoms with Crippen LogP contribution in [-0.4, -0.2) is 61.0 Å². The number of ether oxygens (including phenoxy) is 1. The highest BCUT2D eigenvalue weighted by Crippen LogP contribution is 2.12. The third-order valence-electron chi connectivity index (χ3n) is 4.14. The number of halogens is 2. The number of esters is 1. The zero-order valence-electron chi connectivity index (χ0n) is 15.8. The number of hydrogen-bond donors (Lipinski definition) is 0. The quantitative estimate of drug-likeness (QED) is 0.562. The maximum absolute atomic E-state index is 13.4. The van der Waals surface area contributed by atoms with Gasteiger partial charge in [-0.1, -0.05) is 13.8 Å². The van der Waals surface area contributed by atoms with Gasteiger partial charge in [0.1, 0.15) is 0 Å². The molecule has 0 saturated carbocycles. The van der Waals surface area contributed by atoms with Crippen LogP contribution in [-0.2, 0) is 9.53 Å². The number of amides is 1. The van der Waals surface area contributed by atoms with Gasteiger partial charge in [-0.05, 0) is 51.2 Å². The number of carbonyl (C=O) groups is 2. The van der Waals surface area contributed by atoms with Gasteiger partial charge in [-0.15, -0.1) is 0 Å². The maximum Gasteiger partial charge on any atom is 0.307 e. The molecular formula is C19H28F2N2O3. The normalized spacial score (nSPS) is 10.8. The SMILES string of the molecule is CCOC(=O)CCN(CCCN(CC)CC)C(=O)c1ccc(F)c(F)c1. The summed E-state index contributed by atoms with van der Waals surface area (Å²) in [4.78, 5) is 28.0. The first-order valence-corrected chi connectivity index (χ1v) is 9.05. The van der Waals surface area contributed by atoms with Crippen molar-refractivity contribution < 1.29 is 23.1 Å². The van der Waals surface area contributed by atoms with E-state index in [1.54, 1.807) is 6.92 Å².